The Balaban J connectivity index is 1.23. The summed E-state index contributed by atoms with van der Waals surface area (Å²) in [6.45, 7) is 3.67. The van der Waals surface area contributed by atoms with Crippen LogP contribution in [0, 0.1) is 11.8 Å². The molecule has 6 heteroatoms. The lowest BCUT2D eigenvalue weighted by Gasteiger charge is -2.33. The number of allylic oxidation sites excluding steroid dienone is 2. The van der Waals surface area contributed by atoms with Gasteiger partial charge in [0.05, 0.1) is 0 Å². The van der Waals surface area contributed by atoms with Crippen molar-refractivity contribution in [3.8, 4) is 11.5 Å². The van der Waals surface area contributed by atoms with Gasteiger partial charge in [-0.1, -0.05) is 12.2 Å². The Hall–Kier alpha value is -2.08. The summed E-state index contributed by atoms with van der Waals surface area (Å²) in [6, 6.07) is 5.53. The topological polar surface area (TPSA) is 50.8 Å². The van der Waals surface area contributed by atoms with Gasteiger partial charge in [-0.15, -0.1) is 0 Å². The number of nitrogens with one attached hydrogen (secondary N) is 1. The van der Waals surface area contributed by atoms with Gasteiger partial charge in [0, 0.05) is 31.1 Å². The van der Waals surface area contributed by atoms with Crippen LogP contribution in [0.5, 0.6) is 11.5 Å². The fourth-order valence-electron chi connectivity index (χ4n) is 4.38. The fourth-order valence-corrected chi connectivity index (χ4v) is 4.66. The predicted molar refractivity (Wildman–Crippen MR) is 118 cm³/mol. The number of ketones is 1. The number of thiocarbonyl (C=S) groups is 1. The SMILES string of the molecule is O=C(c1ccc2c(c1)OCCO2)C1CCN(C(=S)NCC[C@@H]2C=CCCC2)CC1. The number of nitrogens with zero attached hydrogens (tertiary/aromatic N) is 1. The van der Waals surface area contributed by atoms with Gasteiger partial charge in [-0.2, -0.15) is 0 Å². The Morgan fingerprint density at radius 3 is 2.69 bits per heavy atom. The first-order chi connectivity index (χ1) is 14.2. The van der Waals surface area contributed by atoms with Crippen molar-refractivity contribution in [3.63, 3.8) is 0 Å². The molecule has 0 spiro atoms. The second kappa shape index (κ2) is 9.61. The van der Waals surface area contributed by atoms with Gasteiger partial charge in [0.1, 0.15) is 13.2 Å². The number of benzene rings is 1. The first-order valence-electron chi connectivity index (χ1n) is 10.8. The smallest absolute Gasteiger partial charge is 0.168 e. The number of Topliss-reactive ketones (excluding diaryl/α,β-unsaturated/α-hetero) is 1. The Morgan fingerprint density at radius 2 is 1.93 bits per heavy atom. The lowest BCUT2D eigenvalue weighted by Crippen LogP contribution is -2.45. The van der Waals surface area contributed by atoms with Crippen LogP contribution < -0.4 is 14.8 Å². The number of ether oxygens (including phenoxy) is 2. The van der Waals surface area contributed by atoms with Crippen molar-refractivity contribution in [1.82, 2.24) is 10.2 Å². The predicted octanol–water partition coefficient (Wildman–Crippen LogP) is 3.97. The quantitative estimate of drug-likeness (QED) is 0.447. The minimum absolute atomic E-state index is 0.0454. The number of fused-ring (bicyclic) bond motifs is 1. The van der Waals surface area contributed by atoms with Crippen LogP contribution in [0.3, 0.4) is 0 Å². The molecule has 0 aromatic heterocycles. The van der Waals surface area contributed by atoms with E-state index in [2.05, 4.69) is 22.4 Å². The summed E-state index contributed by atoms with van der Waals surface area (Å²) in [5.74, 6) is 2.34. The van der Waals surface area contributed by atoms with Gasteiger partial charge in [0.2, 0.25) is 0 Å². The zero-order valence-electron chi connectivity index (χ0n) is 16.9. The number of rotatable bonds is 5. The maximum atomic E-state index is 12.9. The van der Waals surface area contributed by atoms with Gasteiger partial charge in [-0.3, -0.25) is 4.79 Å². The van der Waals surface area contributed by atoms with E-state index in [4.69, 9.17) is 21.7 Å². The van der Waals surface area contributed by atoms with Crippen LogP contribution in [0.1, 0.15) is 48.9 Å². The first-order valence-corrected chi connectivity index (χ1v) is 11.2. The van der Waals surface area contributed by atoms with E-state index < -0.39 is 0 Å². The van der Waals surface area contributed by atoms with E-state index in [0.717, 1.165) is 49.8 Å². The van der Waals surface area contributed by atoms with Crippen molar-refractivity contribution in [2.24, 2.45) is 11.8 Å². The van der Waals surface area contributed by atoms with Crippen LogP contribution in [-0.2, 0) is 0 Å². The maximum Gasteiger partial charge on any atom is 0.168 e. The summed E-state index contributed by atoms with van der Waals surface area (Å²) in [5.41, 5.74) is 0.717. The minimum atomic E-state index is 0.0454. The second-order valence-corrected chi connectivity index (χ2v) is 8.51. The third-order valence-corrected chi connectivity index (χ3v) is 6.53. The molecule has 0 bridgehead atoms. The largest absolute Gasteiger partial charge is 0.486 e. The molecule has 1 N–H and O–H groups in total. The summed E-state index contributed by atoms with van der Waals surface area (Å²) in [4.78, 5) is 15.1. The first kappa shape index (κ1) is 20.2. The van der Waals surface area contributed by atoms with Crippen molar-refractivity contribution in [1.29, 1.82) is 0 Å². The lowest BCUT2D eigenvalue weighted by molar-refractivity contribution is 0.0870. The molecule has 4 rings (SSSR count). The van der Waals surface area contributed by atoms with Crippen LogP contribution in [0.2, 0.25) is 0 Å². The second-order valence-electron chi connectivity index (χ2n) is 8.12. The third kappa shape index (κ3) is 5.10. The number of hydrogen-bond acceptors (Lipinski definition) is 4. The molecule has 0 unspecified atom stereocenters. The average molecular weight is 415 g/mol. The van der Waals surface area contributed by atoms with Crippen molar-refractivity contribution < 1.29 is 14.3 Å². The number of carbonyl (C=O) groups excluding carboxylic acids is 1. The molecule has 156 valence electrons. The van der Waals surface area contributed by atoms with Crippen molar-refractivity contribution >= 4 is 23.1 Å². The molecule has 1 aliphatic carbocycles. The normalized spacial score (nSPS) is 21.7. The summed E-state index contributed by atoms with van der Waals surface area (Å²) < 4.78 is 11.2. The van der Waals surface area contributed by atoms with Crippen molar-refractivity contribution in [2.45, 2.75) is 38.5 Å². The molecule has 1 aromatic carbocycles. The minimum Gasteiger partial charge on any atom is -0.486 e. The summed E-state index contributed by atoms with van der Waals surface area (Å²) >= 11 is 5.59. The summed E-state index contributed by atoms with van der Waals surface area (Å²) in [5, 5.41) is 4.25. The molecule has 1 saturated heterocycles. The van der Waals surface area contributed by atoms with E-state index in [0.29, 0.717) is 30.4 Å². The van der Waals surface area contributed by atoms with E-state index in [1.165, 1.54) is 19.3 Å². The van der Waals surface area contributed by atoms with E-state index >= 15 is 0 Å². The molecule has 1 fully saturated rings. The van der Waals surface area contributed by atoms with E-state index in [9.17, 15) is 4.79 Å². The van der Waals surface area contributed by atoms with Crippen molar-refractivity contribution in [2.75, 3.05) is 32.8 Å². The van der Waals surface area contributed by atoms with Gasteiger partial charge in [0.15, 0.2) is 22.4 Å². The van der Waals surface area contributed by atoms with Gasteiger partial charge < -0.3 is 19.7 Å². The molecule has 29 heavy (non-hydrogen) atoms. The molecule has 2 aliphatic heterocycles. The standard InChI is InChI=1S/C23H30N2O3S/c26-22(19-6-7-20-21(16-19)28-15-14-27-20)18-9-12-25(13-10-18)23(29)24-11-8-17-4-2-1-3-5-17/h2,4,6-7,16-18H,1,3,5,8-15H2,(H,24,29)/t17-/m1/s1. The van der Waals surface area contributed by atoms with Crippen LogP contribution in [0.25, 0.3) is 0 Å². The molecule has 5 nitrogen and oxygen atoms in total. The van der Waals surface area contributed by atoms with Gasteiger partial charge in [-0.25, -0.2) is 0 Å². The molecule has 0 saturated carbocycles. The summed E-state index contributed by atoms with van der Waals surface area (Å²) in [6.07, 6.45) is 11.3. The van der Waals surface area contributed by atoms with Crippen LogP contribution >= 0.6 is 12.2 Å². The lowest BCUT2D eigenvalue weighted by atomic mass is 9.89. The van der Waals surface area contributed by atoms with Crippen LogP contribution in [0.15, 0.2) is 30.4 Å². The highest BCUT2D eigenvalue weighted by Crippen LogP contribution is 2.32. The number of carbonyl (C=O) groups is 1. The molecule has 3 aliphatic rings. The van der Waals surface area contributed by atoms with Crippen molar-refractivity contribution in [3.05, 3.63) is 35.9 Å². The number of hydrogen-bond donors (Lipinski definition) is 1. The van der Waals surface area contributed by atoms with Crippen LogP contribution in [-0.4, -0.2) is 48.6 Å². The maximum absolute atomic E-state index is 12.9. The molecule has 1 aromatic rings. The average Bonchev–Trinajstić information content (AvgIpc) is 2.79. The number of piperidine rings is 1. The molecule has 1 atom stereocenters. The zero-order valence-corrected chi connectivity index (χ0v) is 17.7. The third-order valence-electron chi connectivity index (χ3n) is 6.12. The zero-order chi connectivity index (χ0) is 20.1. The monoisotopic (exact) mass is 414 g/mol. The van der Waals surface area contributed by atoms with E-state index in [1.807, 2.05) is 18.2 Å². The Labute approximate surface area is 178 Å². The Bertz CT molecular complexity index is 771. The van der Waals surface area contributed by atoms with E-state index in [1.54, 1.807) is 0 Å². The Kier molecular flexibility index (Phi) is 6.70. The number of likely N-dealkylation sites (tertiary alicyclic amines) is 1. The summed E-state index contributed by atoms with van der Waals surface area (Å²) in [7, 11) is 0. The highest BCUT2D eigenvalue weighted by atomic mass is 32.1. The van der Waals surface area contributed by atoms with Gasteiger partial charge in [0.25, 0.3) is 0 Å². The molecular weight excluding hydrogens is 384 g/mol. The van der Waals surface area contributed by atoms with Crippen LogP contribution in [0.4, 0.5) is 0 Å². The molecular formula is C23H30N2O3S. The Morgan fingerprint density at radius 1 is 1.14 bits per heavy atom. The fraction of sp³-hybridized carbons (Fsp3) is 0.565. The molecule has 0 radical (unpaired) electrons. The van der Waals surface area contributed by atoms with Gasteiger partial charge in [-0.05, 0) is 74.9 Å². The molecule has 2 heterocycles. The highest BCUT2D eigenvalue weighted by molar-refractivity contribution is 7.80. The molecule has 0 amide bonds. The highest BCUT2D eigenvalue weighted by Gasteiger charge is 2.27. The van der Waals surface area contributed by atoms with E-state index in [-0.39, 0.29) is 11.7 Å². The van der Waals surface area contributed by atoms with Gasteiger partial charge >= 0.3 is 0 Å².